The van der Waals surface area contributed by atoms with Crippen molar-refractivity contribution in [2.24, 2.45) is 19.1 Å². The molecule has 3 rings (SSSR count). The van der Waals surface area contributed by atoms with Crippen LogP contribution in [0, 0.1) is 0 Å². The molecule has 0 aliphatic carbocycles. The SMILES string of the molecule is CCNC(=NCc1ncnn1C)NCCNc1ncnc2c1cnn2C. The summed E-state index contributed by atoms with van der Waals surface area (Å²) < 4.78 is 3.44. The molecule has 0 radical (unpaired) electrons. The van der Waals surface area contributed by atoms with E-state index in [1.807, 2.05) is 21.0 Å². The second-order valence-corrected chi connectivity index (χ2v) is 5.58. The number of nitrogens with one attached hydrogen (secondary N) is 3. The summed E-state index contributed by atoms with van der Waals surface area (Å²) in [7, 11) is 3.71. The molecule has 0 saturated heterocycles. The molecule has 3 aromatic heterocycles. The first-order valence-corrected chi connectivity index (χ1v) is 8.40. The Morgan fingerprint density at radius 3 is 2.69 bits per heavy atom. The summed E-state index contributed by atoms with van der Waals surface area (Å²) in [5, 5.41) is 18.9. The average molecular weight is 357 g/mol. The molecule has 138 valence electrons. The van der Waals surface area contributed by atoms with E-state index in [1.165, 1.54) is 12.7 Å². The molecule has 11 nitrogen and oxygen atoms in total. The molecule has 3 N–H and O–H groups in total. The maximum atomic E-state index is 4.52. The van der Waals surface area contributed by atoms with Crippen LogP contribution in [0.3, 0.4) is 0 Å². The van der Waals surface area contributed by atoms with Crippen LogP contribution in [0.2, 0.25) is 0 Å². The highest BCUT2D eigenvalue weighted by Gasteiger charge is 2.07. The summed E-state index contributed by atoms with van der Waals surface area (Å²) in [5.74, 6) is 2.30. The van der Waals surface area contributed by atoms with Crippen LogP contribution >= 0.6 is 0 Å². The predicted molar refractivity (Wildman–Crippen MR) is 98.6 cm³/mol. The molecule has 3 heterocycles. The number of aliphatic imine (C=N–C) groups is 1. The highest BCUT2D eigenvalue weighted by atomic mass is 15.3. The Morgan fingerprint density at radius 1 is 1.04 bits per heavy atom. The Labute approximate surface area is 151 Å². The molecule has 3 aromatic rings. The van der Waals surface area contributed by atoms with E-state index < -0.39 is 0 Å². The number of guanidine groups is 1. The van der Waals surface area contributed by atoms with E-state index in [-0.39, 0.29) is 0 Å². The first-order valence-electron chi connectivity index (χ1n) is 8.40. The van der Waals surface area contributed by atoms with Gasteiger partial charge in [0.25, 0.3) is 0 Å². The van der Waals surface area contributed by atoms with Gasteiger partial charge in [-0.2, -0.15) is 10.2 Å². The lowest BCUT2D eigenvalue weighted by Gasteiger charge is -2.12. The quantitative estimate of drug-likeness (QED) is 0.298. The Balaban J connectivity index is 1.54. The van der Waals surface area contributed by atoms with E-state index in [4.69, 9.17) is 0 Å². The van der Waals surface area contributed by atoms with Gasteiger partial charge in [0.05, 0.1) is 11.6 Å². The summed E-state index contributed by atoms with van der Waals surface area (Å²) in [6, 6.07) is 0. The number of hydrogen-bond acceptors (Lipinski definition) is 7. The van der Waals surface area contributed by atoms with Crippen LogP contribution < -0.4 is 16.0 Å². The highest BCUT2D eigenvalue weighted by Crippen LogP contribution is 2.16. The molecule has 0 fully saturated rings. The first kappa shape index (κ1) is 17.6. The van der Waals surface area contributed by atoms with E-state index in [9.17, 15) is 0 Å². The highest BCUT2D eigenvalue weighted by molar-refractivity contribution is 5.86. The van der Waals surface area contributed by atoms with E-state index in [0.29, 0.717) is 19.6 Å². The van der Waals surface area contributed by atoms with Gasteiger partial charge in [-0.05, 0) is 6.92 Å². The van der Waals surface area contributed by atoms with Gasteiger partial charge in [0.2, 0.25) is 0 Å². The van der Waals surface area contributed by atoms with Crippen molar-refractivity contribution in [3.63, 3.8) is 0 Å². The monoisotopic (exact) mass is 357 g/mol. The Bertz CT molecular complexity index is 879. The smallest absolute Gasteiger partial charge is 0.191 e. The largest absolute Gasteiger partial charge is 0.368 e. The molecule has 26 heavy (non-hydrogen) atoms. The minimum Gasteiger partial charge on any atom is -0.368 e. The van der Waals surface area contributed by atoms with Gasteiger partial charge in [-0.15, -0.1) is 0 Å². The lowest BCUT2D eigenvalue weighted by Crippen LogP contribution is -2.39. The normalized spacial score (nSPS) is 11.7. The third-order valence-corrected chi connectivity index (χ3v) is 3.77. The summed E-state index contributed by atoms with van der Waals surface area (Å²) >= 11 is 0. The third kappa shape index (κ3) is 4.05. The van der Waals surface area contributed by atoms with Gasteiger partial charge in [-0.3, -0.25) is 9.36 Å². The Morgan fingerprint density at radius 2 is 1.92 bits per heavy atom. The van der Waals surface area contributed by atoms with Crippen LogP contribution in [0.15, 0.2) is 23.8 Å². The van der Waals surface area contributed by atoms with Gasteiger partial charge < -0.3 is 16.0 Å². The van der Waals surface area contributed by atoms with E-state index >= 15 is 0 Å². The van der Waals surface area contributed by atoms with Crippen molar-refractivity contribution in [1.29, 1.82) is 0 Å². The number of aryl methyl sites for hydroxylation is 2. The van der Waals surface area contributed by atoms with E-state index in [0.717, 1.165) is 35.2 Å². The number of hydrogen-bond donors (Lipinski definition) is 3. The molecule has 0 spiro atoms. The minimum absolute atomic E-state index is 0.460. The van der Waals surface area contributed by atoms with Crippen molar-refractivity contribution < 1.29 is 0 Å². The van der Waals surface area contributed by atoms with Crippen molar-refractivity contribution in [3.8, 4) is 0 Å². The van der Waals surface area contributed by atoms with Crippen LogP contribution in [0.5, 0.6) is 0 Å². The van der Waals surface area contributed by atoms with E-state index in [1.54, 1.807) is 15.6 Å². The maximum Gasteiger partial charge on any atom is 0.191 e. The summed E-state index contributed by atoms with van der Waals surface area (Å²) in [4.78, 5) is 17.2. The fourth-order valence-electron chi connectivity index (χ4n) is 2.42. The summed E-state index contributed by atoms with van der Waals surface area (Å²) in [5.41, 5.74) is 0.800. The minimum atomic E-state index is 0.460. The van der Waals surface area contributed by atoms with Crippen molar-refractivity contribution in [3.05, 3.63) is 24.7 Å². The van der Waals surface area contributed by atoms with Crippen LogP contribution in [-0.2, 0) is 20.6 Å². The summed E-state index contributed by atoms with van der Waals surface area (Å²) in [6.07, 6.45) is 4.82. The van der Waals surface area contributed by atoms with Crippen LogP contribution in [-0.4, -0.2) is 60.1 Å². The molecule has 0 amide bonds. The standard InChI is InChI=1S/C15H23N11/c1-4-16-15(19-8-12-20-10-24-25(12)2)18-6-5-17-13-11-7-23-26(3)14(11)22-9-21-13/h7,9-10H,4-6,8H2,1-3H3,(H2,16,18,19)(H,17,21,22). The number of aromatic nitrogens is 7. The topological polar surface area (TPSA) is 123 Å². The fraction of sp³-hybridized carbons (Fsp3) is 0.467. The van der Waals surface area contributed by atoms with Crippen LogP contribution in [0.4, 0.5) is 5.82 Å². The lowest BCUT2D eigenvalue weighted by molar-refractivity contribution is 0.698. The predicted octanol–water partition coefficient (Wildman–Crippen LogP) is -0.341. The van der Waals surface area contributed by atoms with Crippen molar-refractivity contribution >= 4 is 22.8 Å². The molecule has 0 aliphatic heterocycles. The van der Waals surface area contributed by atoms with Gasteiger partial charge in [0.1, 0.15) is 30.8 Å². The molecule has 0 saturated carbocycles. The summed E-state index contributed by atoms with van der Waals surface area (Å²) in [6.45, 7) is 4.62. The number of fused-ring (bicyclic) bond motifs is 1. The molecule has 0 bridgehead atoms. The maximum absolute atomic E-state index is 4.52. The van der Waals surface area contributed by atoms with Crippen LogP contribution in [0.1, 0.15) is 12.7 Å². The zero-order valence-electron chi connectivity index (χ0n) is 15.1. The lowest BCUT2D eigenvalue weighted by atomic mass is 10.4. The van der Waals surface area contributed by atoms with Gasteiger partial charge in [0, 0.05) is 33.7 Å². The second-order valence-electron chi connectivity index (χ2n) is 5.58. The van der Waals surface area contributed by atoms with Crippen molar-refractivity contribution in [2.45, 2.75) is 13.5 Å². The number of rotatable bonds is 7. The second kappa shape index (κ2) is 8.23. The van der Waals surface area contributed by atoms with E-state index in [2.05, 4.69) is 46.1 Å². The zero-order chi connectivity index (χ0) is 18.4. The van der Waals surface area contributed by atoms with Crippen LogP contribution in [0.25, 0.3) is 11.0 Å². The average Bonchev–Trinajstić information content (AvgIpc) is 3.23. The fourth-order valence-corrected chi connectivity index (χ4v) is 2.42. The van der Waals surface area contributed by atoms with Crippen molar-refractivity contribution in [1.82, 2.24) is 45.1 Å². The Hall–Kier alpha value is -3.24. The first-order chi connectivity index (χ1) is 12.7. The molecule has 11 heteroatoms. The van der Waals surface area contributed by atoms with Crippen molar-refractivity contribution in [2.75, 3.05) is 25.0 Å². The van der Waals surface area contributed by atoms with Gasteiger partial charge in [-0.25, -0.2) is 19.9 Å². The molecule has 0 aromatic carbocycles. The third-order valence-electron chi connectivity index (χ3n) is 3.77. The molecular weight excluding hydrogens is 334 g/mol. The zero-order valence-corrected chi connectivity index (χ0v) is 15.1. The van der Waals surface area contributed by atoms with Gasteiger partial charge >= 0.3 is 0 Å². The van der Waals surface area contributed by atoms with Gasteiger partial charge in [0.15, 0.2) is 11.6 Å². The number of nitrogens with zero attached hydrogens (tertiary/aromatic N) is 8. The molecular formula is C15H23N11. The number of anilines is 1. The molecule has 0 atom stereocenters. The van der Waals surface area contributed by atoms with Gasteiger partial charge in [-0.1, -0.05) is 0 Å². The molecule has 0 unspecified atom stereocenters. The Kier molecular flexibility index (Phi) is 5.56. The molecule has 0 aliphatic rings.